The highest BCUT2D eigenvalue weighted by Crippen LogP contribution is 2.54. The van der Waals surface area contributed by atoms with E-state index in [0.29, 0.717) is 18.1 Å². The maximum absolute atomic E-state index is 13.4. The first-order chi connectivity index (χ1) is 11.9. The lowest BCUT2D eigenvalue weighted by Gasteiger charge is -2.36. The molecular formula is C18H19ClO6. The molecule has 3 rings (SSSR count). The maximum atomic E-state index is 13.4. The molecule has 1 heterocycles. The second-order valence-electron chi connectivity index (χ2n) is 5.98. The van der Waals surface area contributed by atoms with Crippen LogP contribution in [-0.2, 0) is 9.53 Å². The van der Waals surface area contributed by atoms with Gasteiger partial charge in [-0.3, -0.25) is 9.59 Å². The van der Waals surface area contributed by atoms with Gasteiger partial charge in [-0.25, -0.2) is 0 Å². The minimum absolute atomic E-state index is 0.107. The predicted molar refractivity (Wildman–Crippen MR) is 90.7 cm³/mol. The van der Waals surface area contributed by atoms with Crippen LogP contribution in [0.4, 0.5) is 0 Å². The summed E-state index contributed by atoms with van der Waals surface area (Å²) in [5, 5.41) is 0.184. The predicted octanol–water partition coefficient (Wildman–Crippen LogP) is 3.20. The second-order valence-corrected chi connectivity index (χ2v) is 6.36. The van der Waals surface area contributed by atoms with Crippen LogP contribution in [0, 0.1) is 5.92 Å². The zero-order valence-corrected chi connectivity index (χ0v) is 15.2. The van der Waals surface area contributed by atoms with Crippen molar-refractivity contribution in [2.24, 2.45) is 5.92 Å². The largest absolute Gasteiger partial charge is 0.496 e. The summed E-state index contributed by atoms with van der Waals surface area (Å²) in [6, 6.07) is 1.55. The molecule has 1 aliphatic carbocycles. The lowest BCUT2D eigenvalue weighted by Crippen LogP contribution is -2.51. The van der Waals surface area contributed by atoms with Crippen LogP contribution < -0.4 is 14.2 Å². The van der Waals surface area contributed by atoms with Crippen LogP contribution in [-0.4, -0.2) is 38.0 Å². The van der Waals surface area contributed by atoms with Crippen molar-refractivity contribution in [2.75, 3.05) is 20.8 Å². The first-order valence-electron chi connectivity index (χ1n) is 7.96. The van der Waals surface area contributed by atoms with Crippen molar-refractivity contribution >= 4 is 23.2 Å². The Morgan fingerprint density at radius 1 is 1.28 bits per heavy atom. The summed E-state index contributed by atoms with van der Waals surface area (Å²) in [4.78, 5) is 25.3. The van der Waals surface area contributed by atoms with Gasteiger partial charge in [-0.15, -0.1) is 0 Å². The quantitative estimate of drug-likeness (QED) is 0.815. The van der Waals surface area contributed by atoms with Crippen LogP contribution in [0.15, 0.2) is 17.9 Å². The Balaban J connectivity index is 2.24. The van der Waals surface area contributed by atoms with Crippen molar-refractivity contribution < 1.29 is 28.5 Å². The number of halogens is 1. The normalized spacial score (nSPS) is 24.7. The average Bonchev–Trinajstić information content (AvgIpc) is 2.89. The molecule has 2 unspecified atom stereocenters. The zero-order chi connectivity index (χ0) is 18.4. The smallest absolute Gasteiger partial charge is 0.231 e. The Hall–Kier alpha value is -2.21. The molecule has 1 spiro atoms. The molecule has 7 heteroatoms. The Bertz CT molecular complexity index is 784. The fraction of sp³-hybridized carbons (Fsp3) is 0.444. The lowest BCUT2D eigenvalue weighted by molar-refractivity contribution is -0.118. The fourth-order valence-electron chi connectivity index (χ4n) is 3.39. The molecule has 0 radical (unpaired) electrons. The van der Waals surface area contributed by atoms with Gasteiger partial charge in [0.1, 0.15) is 22.1 Å². The minimum Gasteiger partial charge on any atom is -0.496 e. The highest BCUT2D eigenvalue weighted by molar-refractivity contribution is 6.35. The molecule has 0 aromatic heterocycles. The van der Waals surface area contributed by atoms with Gasteiger partial charge in [0, 0.05) is 24.5 Å². The molecule has 6 nitrogen and oxygen atoms in total. The van der Waals surface area contributed by atoms with Gasteiger partial charge in [0.25, 0.3) is 0 Å². The monoisotopic (exact) mass is 366 g/mol. The third-order valence-corrected chi connectivity index (χ3v) is 4.94. The second kappa shape index (κ2) is 6.26. The molecular weight excluding hydrogens is 348 g/mol. The van der Waals surface area contributed by atoms with Crippen molar-refractivity contribution in [3.8, 4) is 17.2 Å². The van der Waals surface area contributed by atoms with E-state index in [4.69, 9.17) is 30.5 Å². The van der Waals surface area contributed by atoms with Crippen molar-refractivity contribution in [3.05, 3.63) is 28.5 Å². The number of ether oxygens (including phenoxy) is 4. The number of carbonyl (C=O) groups is 2. The maximum Gasteiger partial charge on any atom is 0.231 e. The molecule has 1 aromatic carbocycles. The van der Waals surface area contributed by atoms with Crippen molar-refractivity contribution in [1.82, 2.24) is 0 Å². The van der Waals surface area contributed by atoms with E-state index in [1.54, 1.807) is 19.9 Å². The number of Topliss-reactive ketones (excluding diaryl/α,β-unsaturated/α-hetero) is 1. The van der Waals surface area contributed by atoms with Crippen LogP contribution in [0.3, 0.4) is 0 Å². The third kappa shape index (κ3) is 2.39. The van der Waals surface area contributed by atoms with Gasteiger partial charge in [0.05, 0.1) is 20.8 Å². The summed E-state index contributed by atoms with van der Waals surface area (Å²) in [7, 11) is 2.92. The van der Waals surface area contributed by atoms with E-state index < -0.39 is 11.5 Å². The topological polar surface area (TPSA) is 71.1 Å². The van der Waals surface area contributed by atoms with E-state index in [1.165, 1.54) is 20.3 Å². The number of ketones is 2. The molecule has 0 N–H and O–H groups in total. The van der Waals surface area contributed by atoms with Crippen LogP contribution in [0.25, 0.3) is 0 Å². The van der Waals surface area contributed by atoms with Gasteiger partial charge in [-0.2, -0.15) is 0 Å². The summed E-state index contributed by atoms with van der Waals surface area (Å²) in [5.74, 6) is 0.180. The van der Waals surface area contributed by atoms with E-state index in [1.807, 2.05) is 0 Å². The highest BCUT2D eigenvalue weighted by Gasteiger charge is 2.60. The standard InChI is InChI=1S/C18H19ClO6/c1-5-24-13-7-10(20)6-9(2)18(13)17(21)14-11(22-3)8-12(23-4)15(19)16(14)25-18/h7-9H,5-6H2,1-4H3. The fourth-order valence-corrected chi connectivity index (χ4v) is 3.66. The van der Waals surface area contributed by atoms with E-state index in [2.05, 4.69) is 0 Å². The number of allylic oxidation sites excluding steroid dienone is 1. The number of benzene rings is 1. The molecule has 2 atom stereocenters. The Morgan fingerprint density at radius 3 is 2.56 bits per heavy atom. The minimum atomic E-state index is -1.42. The Kier molecular flexibility index (Phi) is 4.41. The van der Waals surface area contributed by atoms with Crippen LogP contribution >= 0.6 is 11.6 Å². The molecule has 2 aliphatic rings. The van der Waals surface area contributed by atoms with Gasteiger partial charge in [0.15, 0.2) is 17.3 Å². The SMILES string of the molecule is CCOC1=CC(=O)CC(C)C12Oc1c(Cl)c(OC)cc(OC)c1C2=O. The van der Waals surface area contributed by atoms with Gasteiger partial charge in [-0.05, 0) is 6.92 Å². The summed E-state index contributed by atoms with van der Waals surface area (Å²) in [5.41, 5.74) is -1.18. The molecule has 0 bridgehead atoms. The lowest BCUT2D eigenvalue weighted by atomic mass is 9.75. The molecule has 1 aromatic rings. The summed E-state index contributed by atoms with van der Waals surface area (Å²) >= 11 is 6.37. The van der Waals surface area contributed by atoms with Crippen LogP contribution in [0.5, 0.6) is 17.2 Å². The molecule has 0 amide bonds. The first kappa shape index (κ1) is 17.6. The van der Waals surface area contributed by atoms with Gasteiger partial charge >= 0.3 is 0 Å². The van der Waals surface area contributed by atoms with Crippen molar-refractivity contribution in [3.63, 3.8) is 0 Å². The van der Waals surface area contributed by atoms with Crippen molar-refractivity contribution in [2.45, 2.75) is 25.9 Å². The van der Waals surface area contributed by atoms with E-state index >= 15 is 0 Å². The van der Waals surface area contributed by atoms with E-state index in [0.717, 1.165) is 0 Å². The van der Waals surface area contributed by atoms with E-state index in [9.17, 15) is 9.59 Å². The number of carbonyl (C=O) groups excluding carboxylic acids is 2. The van der Waals surface area contributed by atoms with Crippen molar-refractivity contribution in [1.29, 1.82) is 0 Å². The van der Waals surface area contributed by atoms with E-state index in [-0.39, 0.29) is 40.1 Å². The van der Waals surface area contributed by atoms with Crippen LogP contribution in [0.1, 0.15) is 30.6 Å². The number of rotatable bonds is 4. The molecule has 0 saturated heterocycles. The summed E-state index contributed by atoms with van der Waals surface area (Å²) in [6.07, 6.45) is 1.51. The molecule has 0 saturated carbocycles. The van der Waals surface area contributed by atoms with Gasteiger partial charge in [-0.1, -0.05) is 18.5 Å². The molecule has 1 aliphatic heterocycles. The first-order valence-corrected chi connectivity index (χ1v) is 8.34. The molecule has 25 heavy (non-hydrogen) atoms. The summed E-state index contributed by atoms with van der Waals surface area (Å²) in [6.45, 7) is 3.86. The number of hydrogen-bond donors (Lipinski definition) is 0. The number of hydrogen-bond acceptors (Lipinski definition) is 6. The van der Waals surface area contributed by atoms with Gasteiger partial charge in [0.2, 0.25) is 11.4 Å². The van der Waals surface area contributed by atoms with Crippen LogP contribution in [0.2, 0.25) is 5.02 Å². The highest BCUT2D eigenvalue weighted by atomic mass is 35.5. The summed E-state index contributed by atoms with van der Waals surface area (Å²) < 4.78 is 22.3. The molecule has 0 fully saturated rings. The molecule has 134 valence electrons. The number of methoxy groups -OCH3 is 2. The third-order valence-electron chi connectivity index (χ3n) is 4.58. The number of fused-ring (bicyclic) bond motifs is 1. The van der Waals surface area contributed by atoms with Gasteiger partial charge < -0.3 is 18.9 Å². The zero-order valence-electron chi connectivity index (χ0n) is 14.5. The Labute approximate surface area is 150 Å². The Morgan fingerprint density at radius 2 is 1.96 bits per heavy atom. The average molecular weight is 367 g/mol.